The second-order valence-corrected chi connectivity index (χ2v) is 3.23. The maximum absolute atomic E-state index is 12.5. The van der Waals surface area contributed by atoms with Gasteiger partial charge in [0, 0.05) is 6.42 Å². The summed E-state index contributed by atoms with van der Waals surface area (Å²) in [5.74, 6) is 2.22. The van der Waals surface area contributed by atoms with Gasteiger partial charge in [0.25, 0.3) is 0 Å². The summed E-state index contributed by atoms with van der Waals surface area (Å²) in [6.45, 7) is 0. The van der Waals surface area contributed by atoms with Crippen molar-refractivity contribution in [1.29, 1.82) is 0 Å². The molecular formula is C12H13FO. The molecule has 1 N–H and O–H groups in total. The van der Waals surface area contributed by atoms with E-state index in [1.54, 1.807) is 12.1 Å². The predicted molar refractivity (Wildman–Crippen MR) is 54.2 cm³/mol. The maximum atomic E-state index is 12.5. The van der Waals surface area contributed by atoms with E-state index < -0.39 is 6.10 Å². The van der Waals surface area contributed by atoms with E-state index >= 15 is 0 Å². The van der Waals surface area contributed by atoms with Gasteiger partial charge in [-0.2, -0.15) is 0 Å². The molecule has 1 aromatic rings. The lowest BCUT2D eigenvalue weighted by Crippen LogP contribution is -2.09. The molecule has 1 nitrogen and oxygen atoms in total. The quantitative estimate of drug-likeness (QED) is 0.725. The van der Waals surface area contributed by atoms with E-state index in [4.69, 9.17) is 6.42 Å². The molecule has 0 fully saturated rings. The number of rotatable bonds is 4. The van der Waals surface area contributed by atoms with Crippen LogP contribution < -0.4 is 0 Å². The molecule has 0 bridgehead atoms. The smallest absolute Gasteiger partial charge is 0.123 e. The van der Waals surface area contributed by atoms with Crippen LogP contribution in [-0.2, 0) is 6.42 Å². The molecule has 0 heterocycles. The van der Waals surface area contributed by atoms with Gasteiger partial charge in [-0.15, -0.1) is 12.3 Å². The second kappa shape index (κ2) is 5.41. The van der Waals surface area contributed by atoms with Crippen molar-refractivity contribution < 1.29 is 9.50 Å². The molecular weight excluding hydrogens is 179 g/mol. The average molecular weight is 192 g/mol. The van der Waals surface area contributed by atoms with Gasteiger partial charge in [-0.3, -0.25) is 0 Å². The highest BCUT2D eigenvalue weighted by Crippen LogP contribution is 2.08. The van der Waals surface area contributed by atoms with E-state index in [1.807, 2.05) is 0 Å². The van der Waals surface area contributed by atoms with Gasteiger partial charge in [-0.05, 0) is 30.5 Å². The molecule has 74 valence electrons. The molecule has 1 unspecified atom stereocenters. The number of terminal acetylenes is 1. The Balaban J connectivity index is 2.44. The molecule has 1 aromatic carbocycles. The largest absolute Gasteiger partial charge is 0.393 e. The number of hydrogen-bond acceptors (Lipinski definition) is 1. The Labute approximate surface area is 83.6 Å². The van der Waals surface area contributed by atoms with Gasteiger partial charge in [-0.25, -0.2) is 4.39 Å². The molecule has 0 amide bonds. The third-order valence-electron chi connectivity index (χ3n) is 2.01. The standard InChI is InChI=1S/C12H13FO/c1-2-3-4-12(14)9-10-5-7-11(13)8-6-10/h1,5-8,12,14H,3-4,9H2. The Morgan fingerprint density at radius 1 is 1.36 bits per heavy atom. The van der Waals surface area contributed by atoms with E-state index in [1.165, 1.54) is 12.1 Å². The lowest BCUT2D eigenvalue weighted by atomic mass is 10.0. The monoisotopic (exact) mass is 192 g/mol. The van der Waals surface area contributed by atoms with Crippen LogP contribution in [0.1, 0.15) is 18.4 Å². The predicted octanol–water partition coefficient (Wildman–Crippen LogP) is 2.14. The van der Waals surface area contributed by atoms with Crippen LogP contribution in [0.3, 0.4) is 0 Å². The summed E-state index contributed by atoms with van der Waals surface area (Å²) in [6, 6.07) is 6.13. The number of halogens is 1. The first kappa shape index (κ1) is 10.7. The maximum Gasteiger partial charge on any atom is 0.123 e. The van der Waals surface area contributed by atoms with Crippen LogP contribution in [0.25, 0.3) is 0 Å². The van der Waals surface area contributed by atoms with Gasteiger partial charge in [-0.1, -0.05) is 12.1 Å². The molecule has 0 spiro atoms. The highest BCUT2D eigenvalue weighted by molar-refractivity contribution is 5.16. The minimum atomic E-state index is -0.434. The van der Waals surface area contributed by atoms with E-state index in [0.717, 1.165) is 5.56 Å². The number of aliphatic hydroxyl groups excluding tert-OH is 1. The summed E-state index contributed by atoms with van der Waals surface area (Å²) >= 11 is 0. The molecule has 1 rings (SSSR count). The van der Waals surface area contributed by atoms with Crippen LogP contribution >= 0.6 is 0 Å². The average Bonchev–Trinajstić information content (AvgIpc) is 2.18. The molecule has 2 heteroatoms. The van der Waals surface area contributed by atoms with E-state index in [-0.39, 0.29) is 5.82 Å². The van der Waals surface area contributed by atoms with Gasteiger partial charge in [0.15, 0.2) is 0 Å². The van der Waals surface area contributed by atoms with Crippen LogP contribution in [0, 0.1) is 18.2 Å². The first-order valence-electron chi connectivity index (χ1n) is 4.58. The first-order chi connectivity index (χ1) is 6.72. The van der Waals surface area contributed by atoms with Gasteiger partial charge in [0.1, 0.15) is 5.82 Å². The summed E-state index contributed by atoms with van der Waals surface area (Å²) < 4.78 is 12.5. The molecule has 0 aliphatic rings. The van der Waals surface area contributed by atoms with Crippen molar-refractivity contribution >= 4 is 0 Å². The Bertz CT molecular complexity index is 310. The van der Waals surface area contributed by atoms with E-state index in [0.29, 0.717) is 19.3 Å². The fourth-order valence-corrected chi connectivity index (χ4v) is 1.24. The molecule has 1 atom stereocenters. The van der Waals surface area contributed by atoms with Crippen molar-refractivity contribution in [3.05, 3.63) is 35.6 Å². The van der Waals surface area contributed by atoms with Crippen molar-refractivity contribution in [2.45, 2.75) is 25.4 Å². The van der Waals surface area contributed by atoms with Crippen LogP contribution in [0.4, 0.5) is 4.39 Å². The highest BCUT2D eigenvalue weighted by Gasteiger charge is 2.04. The van der Waals surface area contributed by atoms with Crippen molar-refractivity contribution in [2.75, 3.05) is 0 Å². The SMILES string of the molecule is C#CCCC(O)Cc1ccc(F)cc1. The Morgan fingerprint density at radius 3 is 2.57 bits per heavy atom. The molecule has 14 heavy (non-hydrogen) atoms. The van der Waals surface area contributed by atoms with Crippen molar-refractivity contribution in [3.63, 3.8) is 0 Å². The van der Waals surface area contributed by atoms with Crippen molar-refractivity contribution in [3.8, 4) is 12.3 Å². The minimum Gasteiger partial charge on any atom is -0.393 e. The fraction of sp³-hybridized carbons (Fsp3) is 0.333. The zero-order valence-electron chi connectivity index (χ0n) is 7.91. The van der Waals surface area contributed by atoms with Crippen molar-refractivity contribution in [1.82, 2.24) is 0 Å². The molecule has 0 aliphatic carbocycles. The Morgan fingerprint density at radius 2 is 2.00 bits per heavy atom. The summed E-state index contributed by atoms with van der Waals surface area (Å²) in [4.78, 5) is 0. The number of aliphatic hydroxyl groups is 1. The summed E-state index contributed by atoms with van der Waals surface area (Å²) in [5, 5.41) is 9.51. The molecule has 0 aliphatic heterocycles. The zero-order chi connectivity index (χ0) is 10.4. The van der Waals surface area contributed by atoms with Gasteiger partial charge < -0.3 is 5.11 Å². The van der Waals surface area contributed by atoms with Crippen LogP contribution in [0.15, 0.2) is 24.3 Å². The summed E-state index contributed by atoms with van der Waals surface area (Å²) in [5.41, 5.74) is 0.927. The third kappa shape index (κ3) is 3.59. The third-order valence-corrected chi connectivity index (χ3v) is 2.01. The summed E-state index contributed by atoms with van der Waals surface area (Å²) in [6.07, 6.45) is 6.34. The lowest BCUT2D eigenvalue weighted by molar-refractivity contribution is 0.166. The van der Waals surface area contributed by atoms with Gasteiger partial charge in [0.2, 0.25) is 0 Å². The summed E-state index contributed by atoms with van der Waals surface area (Å²) in [7, 11) is 0. The second-order valence-electron chi connectivity index (χ2n) is 3.23. The fourth-order valence-electron chi connectivity index (χ4n) is 1.24. The number of hydrogen-bond donors (Lipinski definition) is 1. The van der Waals surface area contributed by atoms with Crippen molar-refractivity contribution in [2.24, 2.45) is 0 Å². The van der Waals surface area contributed by atoms with E-state index in [2.05, 4.69) is 5.92 Å². The van der Waals surface area contributed by atoms with Crippen LogP contribution in [0.5, 0.6) is 0 Å². The molecule has 0 saturated carbocycles. The first-order valence-corrected chi connectivity index (χ1v) is 4.58. The normalized spacial score (nSPS) is 12.1. The molecule has 0 saturated heterocycles. The Hall–Kier alpha value is -1.33. The lowest BCUT2D eigenvalue weighted by Gasteiger charge is -2.08. The van der Waals surface area contributed by atoms with Crippen LogP contribution in [-0.4, -0.2) is 11.2 Å². The van der Waals surface area contributed by atoms with Gasteiger partial charge in [0.05, 0.1) is 6.10 Å². The minimum absolute atomic E-state index is 0.258. The van der Waals surface area contributed by atoms with Crippen LogP contribution in [0.2, 0.25) is 0 Å². The topological polar surface area (TPSA) is 20.2 Å². The Kier molecular flexibility index (Phi) is 4.15. The highest BCUT2D eigenvalue weighted by atomic mass is 19.1. The van der Waals surface area contributed by atoms with Gasteiger partial charge >= 0.3 is 0 Å². The molecule has 0 radical (unpaired) electrons. The number of benzene rings is 1. The molecule has 0 aromatic heterocycles. The van der Waals surface area contributed by atoms with E-state index in [9.17, 15) is 9.50 Å². The zero-order valence-corrected chi connectivity index (χ0v) is 7.91.